The Kier molecular flexibility index (Phi) is 8.68. The van der Waals surface area contributed by atoms with Crippen LogP contribution in [0.5, 0.6) is 0 Å². The van der Waals surface area contributed by atoms with Crippen molar-refractivity contribution in [1.82, 2.24) is 29.1 Å². The van der Waals surface area contributed by atoms with E-state index in [2.05, 4.69) is 179 Å². The number of hydrogen-bond acceptors (Lipinski definition) is 4. The lowest BCUT2D eigenvalue weighted by Gasteiger charge is -2.22. The molecule has 6 heteroatoms. The van der Waals surface area contributed by atoms with E-state index in [-0.39, 0.29) is 0 Å². The van der Waals surface area contributed by atoms with Crippen molar-refractivity contribution >= 4 is 43.6 Å². The first-order valence-corrected chi connectivity index (χ1v) is 22.6. The predicted molar refractivity (Wildman–Crippen MR) is 270 cm³/mol. The minimum absolute atomic E-state index is 0.952. The van der Waals surface area contributed by atoms with E-state index in [1.165, 1.54) is 54.9 Å². The molecule has 1 aliphatic rings. The molecule has 6 aromatic carbocycles. The van der Waals surface area contributed by atoms with E-state index in [0.717, 1.165) is 91.1 Å². The lowest BCUT2D eigenvalue weighted by molar-refractivity contribution is 0.945. The average molecular weight is 847 g/mol. The number of aromatic nitrogens is 6. The Balaban J connectivity index is 0.990. The van der Waals surface area contributed by atoms with Crippen molar-refractivity contribution < 1.29 is 0 Å². The highest BCUT2D eigenvalue weighted by Gasteiger charge is 2.25. The van der Waals surface area contributed by atoms with Crippen molar-refractivity contribution in [2.75, 3.05) is 0 Å². The Morgan fingerprint density at radius 1 is 0.364 bits per heavy atom. The summed E-state index contributed by atoms with van der Waals surface area (Å²) in [5, 5.41) is 4.88. The maximum absolute atomic E-state index is 4.97. The summed E-state index contributed by atoms with van der Waals surface area (Å²) in [6, 6.07) is 57.1. The van der Waals surface area contributed by atoms with Crippen molar-refractivity contribution in [1.29, 1.82) is 0 Å². The van der Waals surface area contributed by atoms with Crippen LogP contribution < -0.4 is 0 Å². The number of rotatable bonds is 6. The second kappa shape index (κ2) is 15.1. The van der Waals surface area contributed by atoms with Crippen LogP contribution in [-0.4, -0.2) is 29.1 Å². The molecule has 0 atom stereocenters. The molecule has 13 rings (SSSR count). The zero-order valence-electron chi connectivity index (χ0n) is 36.6. The monoisotopic (exact) mass is 846 g/mol. The van der Waals surface area contributed by atoms with Gasteiger partial charge in [0.1, 0.15) is 0 Å². The van der Waals surface area contributed by atoms with Crippen molar-refractivity contribution in [3.05, 3.63) is 217 Å². The van der Waals surface area contributed by atoms with Gasteiger partial charge in [0.2, 0.25) is 0 Å². The summed E-state index contributed by atoms with van der Waals surface area (Å²) >= 11 is 0. The van der Waals surface area contributed by atoms with Gasteiger partial charge in [0.15, 0.2) is 0 Å². The second-order valence-corrected chi connectivity index (χ2v) is 17.6. The highest BCUT2D eigenvalue weighted by atomic mass is 15.0. The Bertz CT molecular complexity index is 3610. The fourth-order valence-electron chi connectivity index (χ4n) is 10.4. The molecule has 0 bridgehead atoms. The van der Waals surface area contributed by atoms with Gasteiger partial charge in [-0.3, -0.25) is 19.9 Å². The predicted octanol–water partition coefficient (Wildman–Crippen LogP) is 14.5. The Morgan fingerprint density at radius 3 is 1.20 bits per heavy atom. The van der Waals surface area contributed by atoms with E-state index in [1.54, 1.807) is 0 Å². The van der Waals surface area contributed by atoms with E-state index in [9.17, 15) is 0 Å². The third-order valence-corrected chi connectivity index (χ3v) is 13.8. The highest BCUT2D eigenvalue weighted by molar-refractivity contribution is 6.14. The standard InChI is InChI=1S/C60H42N6/c1-37-23-25-61-35-59(37)65-55-21-17-43(53-19-15-45(33-63-53)39-9-5-3-6-10-39)29-49(55)51-27-41-13-14-42-28-52-50-30-44(54-20-16-46(34-64-54)40-11-7-4-8-12-40)18-22-56(50)66(60-36-62-26-24-38(60)2)58(52)32-48(42)47(41)31-57(51)65/h3-12,15-36H,13-14H2,1-2H3. The van der Waals surface area contributed by atoms with E-state index in [4.69, 9.17) is 9.97 Å². The fraction of sp³-hybridized carbons (Fsp3) is 0.0667. The van der Waals surface area contributed by atoms with Crippen molar-refractivity contribution in [3.8, 4) is 67.3 Å². The fourth-order valence-corrected chi connectivity index (χ4v) is 10.4. The van der Waals surface area contributed by atoms with Crippen LogP contribution in [0.25, 0.3) is 111 Å². The van der Waals surface area contributed by atoms with E-state index < -0.39 is 0 Å². The Labute approximate surface area is 382 Å². The molecule has 0 radical (unpaired) electrons. The molecule has 6 nitrogen and oxygen atoms in total. The number of benzene rings is 6. The van der Waals surface area contributed by atoms with Gasteiger partial charge in [-0.1, -0.05) is 84.9 Å². The Morgan fingerprint density at radius 2 is 0.788 bits per heavy atom. The van der Waals surface area contributed by atoms with Crippen LogP contribution in [0.3, 0.4) is 0 Å². The molecular formula is C60H42N6. The van der Waals surface area contributed by atoms with E-state index in [1.807, 2.05) is 49.3 Å². The van der Waals surface area contributed by atoms with Crippen LogP contribution >= 0.6 is 0 Å². The first kappa shape index (κ1) is 38.0. The largest absolute Gasteiger partial charge is 0.307 e. The molecule has 66 heavy (non-hydrogen) atoms. The van der Waals surface area contributed by atoms with Crippen molar-refractivity contribution in [3.63, 3.8) is 0 Å². The zero-order valence-corrected chi connectivity index (χ0v) is 36.6. The topological polar surface area (TPSA) is 61.4 Å². The van der Waals surface area contributed by atoms with Gasteiger partial charge in [0.05, 0.1) is 57.2 Å². The maximum Gasteiger partial charge on any atom is 0.0702 e. The number of hydrogen-bond donors (Lipinski definition) is 0. The molecule has 0 N–H and O–H groups in total. The average Bonchev–Trinajstić information content (AvgIpc) is 3.86. The summed E-state index contributed by atoms with van der Waals surface area (Å²) < 4.78 is 4.82. The number of pyridine rings is 4. The van der Waals surface area contributed by atoms with E-state index in [0.29, 0.717) is 0 Å². The van der Waals surface area contributed by atoms with Gasteiger partial charge in [0, 0.05) is 68.6 Å². The van der Waals surface area contributed by atoms with Gasteiger partial charge in [-0.05, 0) is 144 Å². The maximum atomic E-state index is 4.97. The molecule has 0 fully saturated rings. The van der Waals surface area contributed by atoms with Crippen molar-refractivity contribution in [2.24, 2.45) is 0 Å². The minimum atomic E-state index is 0.952. The van der Waals surface area contributed by atoms with Gasteiger partial charge < -0.3 is 9.13 Å². The van der Waals surface area contributed by atoms with Crippen LogP contribution in [0.1, 0.15) is 22.3 Å². The third-order valence-electron chi connectivity index (χ3n) is 13.8. The lowest BCUT2D eigenvalue weighted by Crippen LogP contribution is -2.05. The first-order valence-electron chi connectivity index (χ1n) is 22.6. The smallest absolute Gasteiger partial charge is 0.0702 e. The molecule has 6 aromatic heterocycles. The van der Waals surface area contributed by atoms with Gasteiger partial charge in [0.25, 0.3) is 0 Å². The van der Waals surface area contributed by atoms with E-state index >= 15 is 0 Å². The number of nitrogens with zero attached hydrogens (tertiary/aromatic N) is 6. The van der Waals surface area contributed by atoms with Gasteiger partial charge in [-0.15, -0.1) is 0 Å². The molecule has 0 saturated carbocycles. The highest BCUT2D eigenvalue weighted by Crippen LogP contribution is 2.45. The molecule has 6 heterocycles. The lowest BCUT2D eigenvalue weighted by atomic mass is 9.84. The summed E-state index contributed by atoms with van der Waals surface area (Å²) in [6.45, 7) is 4.35. The molecular weight excluding hydrogens is 805 g/mol. The summed E-state index contributed by atoms with van der Waals surface area (Å²) in [4.78, 5) is 19.2. The molecule has 312 valence electrons. The molecule has 0 amide bonds. The number of aryl methyl sites for hydroxylation is 4. The van der Waals surface area contributed by atoms with Gasteiger partial charge in [-0.25, -0.2) is 0 Å². The first-order chi connectivity index (χ1) is 32.5. The SMILES string of the molecule is Cc1ccncc1-n1c2ccc(-c3ccc(-c4ccccc4)cn3)cc2c2cc3c(cc21)-c1cc2c(cc1CC3)c1cc(-c3ccc(-c4ccccc4)cn3)ccc1n2-c1cnccc1C. The van der Waals surface area contributed by atoms with Crippen LogP contribution in [0.15, 0.2) is 195 Å². The molecule has 12 aromatic rings. The van der Waals surface area contributed by atoms with Crippen LogP contribution in [0, 0.1) is 13.8 Å². The van der Waals surface area contributed by atoms with Crippen LogP contribution in [-0.2, 0) is 12.8 Å². The molecule has 1 aliphatic carbocycles. The van der Waals surface area contributed by atoms with Crippen LogP contribution in [0.2, 0.25) is 0 Å². The summed E-state index contributed by atoms with van der Waals surface area (Å²) in [6.07, 6.45) is 13.6. The minimum Gasteiger partial charge on any atom is -0.307 e. The molecule has 0 unspecified atom stereocenters. The summed E-state index contributed by atoms with van der Waals surface area (Å²) in [5.41, 5.74) is 23.0. The summed E-state index contributed by atoms with van der Waals surface area (Å²) in [5.74, 6) is 0. The van der Waals surface area contributed by atoms with Gasteiger partial charge >= 0.3 is 0 Å². The Hall–Kier alpha value is -8.48. The number of fused-ring (bicyclic) bond motifs is 9. The third kappa shape index (κ3) is 6.10. The summed E-state index contributed by atoms with van der Waals surface area (Å²) in [7, 11) is 0. The molecule has 0 aliphatic heterocycles. The molecule has 0 spiro atoms. The van der Waals surface area contributed by atoms with Gasteiger partial charge in [-0.2, -0.15) is 0 Å². The normalized spacial score (nSPS) is 12.3. The van der Waals surface area contributed by atoms with Crippen molar-refractivity contribution in [2.45, 2.75) is 26.7 Å². The quantitative estimate of drug-likeness (QED) is 0.167. The molecule has 0 saturated heterocycles. The second-order valence-electron chi connectivity index (χ2n) is 17.6. The van der Waals surface area contributed by atoms with Crippen LogP contribution in [0.4, 0.5) is 0 Å². The zero-order chi connectivity index (χ0) is 43.9.